The van der Waals surface area contributed by atoms with Crippen molar-refractivity contribution in [1.82, 2.24) is 10.2 Å². The van der Waals surface area contributed by atoms with Gasteiger partial charge >= 0.3 is 5.63 Å². The molecule has 3 aromatic rings. The van der Waals surface area contributed by atoms with Crippen LogP contribution in [0.25, 0.3) is 21.5 Å². The van der Waals surface area contributed by atoms with Crippen LogP contribution in [0.4, 0.5) is 5.13 Å². The van der Waals surface area contributed by atoms with Gasteiger partial charge in [0.2, 0.25) is 5.13 Å². The number of nitrogen functional groups attached to an aromatic ring is 1. The second-order valence-corrected chi connectivity index (χ2v) is 5.01. The van der Waals surface area contributed by atoms with Gasteiger partial charge in [0, 0.05) is 22.0 Å². The van der Waals surface area contributed by atoms with Gasteiger partial charge in [0.15, 0.2) is 5.01 Å². The van der Waals surface area contributed by atoms with E-state index in [0.29, 0.717) is 31.7 Å². The molecule has 2 heterocycles. The zero-order valence-electron chi connectivity index (χ0n) is 8.88. The molecule has 0 aliphatic rings. The van der Waals surface area contributed by atoms with Crippen LogP contribution < -0.4 is 11.4 Å². The predicted molar refractivity (Wildman–Crippen MR) is 70.8 cm³/mol. The van der Waals surface area contributed by atoms with E-state index >= 15 is 0 Å². The fraction of sp³-hybridized carbons (Fsp3) is 0. The van der Waals surface area contributed by atoms with Gasteiger partial charge in [-0.15, -0.1) is 10.2 Å². The fourth-order valence-electron chi connectivity index (χ4n) is 1.66. The van der Waals surface area contributed by atoms with Gasteiger partial charge in [-0.2, -0.15) is 0 Å². The summed E-state index contributed by atoms with van der Waals surface area (Å²) in [6, 6.07) is 6.38. The fourth-order valence-corrected chi connectivity index (χ4v) is 2.47. The molecule has 5 nitrogen and oxygen atoms in total. The Bertz CT molecular complexity index is 796. The highest BCUT2D eigenvalue weighted by Gasteiger charge is 2.12. The van der Waals surface area contributed by atoms with Crippen LogP contribution in [0.1, 0.15) is 0 Å². The van der Waals surface area contributed by atoms with Gasteiger partial charge in [-0.25, -0.2) is 4.79 Å². The van der Waals surface area contributed by atoms with E-state index in [0.717, 1.165) is 0 Å². The molecular weight excluding hydrogens is 274 g/mol. The summed E-state index contributed by atoms with van der Waals surface area (Å²) >= 11 is 7.15. The van der Waals surface area contributed by atoms with Crippen molar-refractivity contribution in [2.24, 2.45) is 0 Å². The maximum atomic E-state index is 11.5. The van der Waals surface area contributed by atoms with Crippen molar-refractivity contribution < 1.29 is 4.42 Å². The van der Waals surface area contributed by atoms with Crippen molar-refractivity contribution in [2.45, 2.75) is 0 Å². The Kier molecular flexibility index (Phi) is 2.53. The topological polar surface area (TPSA) is 82.0 Å². The zero-order valence-corrected chi connectivity index (χ0v) is 10.5. The number of benzene rings is 1. The van der Waals surface area contributed by atoms with Gasteiger partial charge in [-0.05, 0) is 18.2 Å². The lowest BCUT2D eigenvalue weighted by molar-refractivity contribution is 0.561. The predicted octanol–water partition coefficient (Wildman–Crippen LogP) is 2.55. The van der Waals surface area contributed by atoms with Crippen molar-refractivity contribution in [3.05, 3.63) is 39.7 Å². The molecule has 3 rings (SSSR count). The van der Waals surface area contributed by atoms with E-state index in [9.17, 15) is 4.79 Å². The highest BCUT2D eigenvalue weighted by Crippen LogP contribution is 2.31. The molecule has 0 radical (unpaired) electrons. The maximum Gasteiger partial charge on any atom is 0.336 e. The van der Waals surface area contributed by atoms with Gasteiger partial charge in [0.05, 0.1) is 0 Å². The Balaban J connectivity index is 2.40. The minimum absolute atomic E-state index is 0.341. The summed E-state index contributed by atoms with van der Waals surface area (Å²) in [5.41, 5.74) is 6.17. The van der Waals surface area contributed by atoms with Crippen LogP contribution in [0.5, 0.6) is 0 Å². The second kappa shape index (κ2) is 4.08. The lowest BCUT2D eigenvalue weighted by Gasteiger charge is -2.01. The number of hydrogen-bond donors (Lipinski definition) is 1. The van der Waals surface area contributed by atoms with Crippen molar-refractivity contribution in [3.63, 3.8) is 0 Å². The summed E-state index contributed by atoms with van der Waals surface area (Å²) in [5, 5.41) is 9.82. The smallest absolute Gasteiger partial charge is 0.336 e. The second-order valence-electron chi connectivity index (χ2n) is 3.57. The third kappa shape index (κ3) is 1.85. The average molecular weight is 280 g/mol. The van der Waals surface area contributed by atoms with Gasteiger partial charge in [-0.3, -0.25) is 0 Å². The molecule has 90 valence electrons. The number of halogens is 1. The number of nitrogens with two attached hydrogens (primary N) is 1. The highest BCUT2D eigenvalue weighted by atomic mass is 35.5. The zero-order chi connectivity index (χ0) is 12.7. The van der Waals surface area contributed by atoms with Crippen LogP contribution in [-0.4, -0.2) is 10.2 Å². The quantitative estimate of drug-likeness (QED) is 0.692. The summed E-state index contributed by atoms with van der Waals surface area (Å²) in [5.74, 6) is 0. The summed E-state index contributed by atoms with van der Waals surface area (Å²) in [4.78, 5) is 11.5. The normalized spacial score (nSPS) is 10.9. The van der Waals surface area contributed by atoms with Crippen molar-refractivity contribution >= 4 is 39.0 Å². The molecule has 0 aliphatic carbocycles. The lowest BCUT2D eigenvalue weighted by Crippen LogP contribution is -1.97. The molecule has 0 atom stereocenters. The molecule has 7 heteroatoms. The summed E-state index contributed by atoms with van der Waals surface area (Å²) < 4.78 is 5.10. The molecule has 0 amide bonds. The van der Waals surface area contributed by atoms with E-state index in [1.807, 2.05) is 0 Å². The Morgan fingerprint density at radius 3 is 2.83 bits per heavy atom. The Hall–Kier alpha value is -1.92. The first-order chi connectivity index (χ1) is 8.63. The van der Waals surface area contributed by atoms with Crippen LogP contribution in [0, 0.1) is 0 Å². The SMILES string of the molecule is Nc1nnc(-c2cc(=O)oc3ccc(Cl)cc23)s1. The molecule has 0 fully saturated rings. The third-order valence-corrected chi connectivity index (χ3v) is 3.40. The summed E-state index contributed by atoms with van der Waals surface area (Å²) in [6.07, 6.45) is 0. The van der Waals surface area contributed by atoms with E-state index in [1.54, 1.807) is 18.2 Å². The van der Waals surface area contributed by atoms with E-state index in [1.165, 1.54) is 17.4 Å². The van der Waals surface area contributed by atoms with E-state index in [4.69, 9.17) is 21.8 Å². The first kappa shape index (κ1) is 11.2. The first-order valence-electron chi connectivity index (χ1n) is 4.96. The monoisotopic (exact) mass is 279 g/mol. The molecule has 0 bridgehead atoms. The number of anilines is 1. The molecular formula is C11H6ClN3O2S. The molecule has 0 saturated carbocycles. The lowest BCUT2D eigenvalue weighted by atomic mass is 10.1. The maximum absolute atomic E-state index is 11.5. The van der Waals surface area contributed by atoms with Crippen LogP contribution in [0.2, 0.25) is 5.02 Å². The molecule has 0 saturated heterocycles. The van der Waals surface area contributed by atoms with E-state index in [2.05, 4.69) is 10.2 Å². The molecule has 18 heavy (non-hydrogen) atoms. The van der Waals surface area contributed by atoms with Crippen LogP contribution in [0.3, 0.4) is 0 Å². The minimum Gasteiger partial charge on any atom is -0.423 e. The van der Waals surface area contributed by atoms with Crippen molar-refractivity contribution in [1.29, 1.82) is 0 Å². The number of hydrogen-bond acceptors (Lipinski definition) is 6. The largest absolute Gasteiger partial charge is 0.423 e. The first-order valence-corrected chi connectivity index (χ1v) is 6.16. The van der Waals surface area contributed by atoms with Gasteiger partial charge < -0.3 is 10.2 Å². The average Bonchev–Trinajstić information content (AvgIpc) is 2.75. The Labute approximate surface area is 110 Å². The van der Waals surface area contributed by atoms with Crippen LogP contribution in [0.15, 0.2) is 33.5 Å². The standard InChI is InChI=1S/C11H6ClN3O2S/c12-5-1-2-8-6(3-5)7(4-9(16)17-8)10-14-15-11(13)18-10/h1-4H,(H2,13,15). The van der Waals surface area contributed by atoms with Gasteiger partial charge in [0.1, 0.15) is 5.58 Å². The highest BCUT2D eigenvalue weighted by molar-refractivity contribution is 7.18. The van der Waals surface area contributed by atoms with E-state index < -0.39 is 5.63 Å². The Morgan fingerprint density at radius 1 is 1.28 bits per heavy atom. The number of rotatable bonds is 1. The van der Waals surface area contributed by atoms with Gasteiger partial charge in [0.25, 0.3) is 0 Å². The molecule has 0 aliphatic heterocycles. The Morgan fingerprint density at radius 2 is 2.11 bits per heavy atom. The van der Waals surface area contributed by atoms with Crippen molar-refractivity contribution in [3.8, 4) is 10.6 Å². The minimum atomic E-state index is -0.450. The van der Waals surface area contributed by atoms with Gasteiger partial charge in [-0.1, -0.05) is 22.9 Å². The number of aromatic nitrogens is 2. The molecule has 2 N–H and O–H groups in total. The third-order valence-electron chi connectivity index (χ3n) is 2.38. The molecule has 1 aromatic carbocycles. The summed E-state index contributed by atoms with van der Waals surface area (Å²) in [7, 11) is 0. The van der Waals surface area contributed by atoms with Crippen LogP contribution in [-0.2, 0) is 0 Å². The molecule has 2 aromatic heterocycles. The number of fused-ring (bicyclic) bond motifs is 1. The molecule has 0 spiro atoms. The number of nitrogens with zero attached hydrogens (tertiary/aromatic N) is 2. The summed E-state index contributed by atoms with van der Waals surface area (Å²) in [6.45, 7) is 0. The van der Waals surface area contributed by atoms with Crippen LogP contribution >= 0.6 is 22.9 Å². The van der Waals surface area contributed by atoms with Crippen molar-refractivity contribution in [2.75, 3.05) is 5.73 Å². The van der Waals surface area contributed by atoms with E-state index in [-0.39, 0.29) is 0 Å². The molecule has 0 unspecified atom stereocenters.